The number of aryl methyl sites for hydroxylation is 1. The number of carbonyl (C=O) groups excluding carboxylic acids is 1. The molecule has 0 saturated carbocycles. The molecule has 1 unspecified atom stereocenters. The second kappa shape index (κ2) is 6.78. The van der Waals surface area contributed by atoms with Crippen molar-refractivity contribution in [2.45, 2.75) is 25.4 Å². The van der Waals surface area contributed by atoms with Gasteiger partial charge in [0.1, 0.15) is 5.82 Å². The third kappa shape index (κ3) is 2.92. The van der Waals surface area contributed by atoms with Gasteiger partial charge in [0.25, 0.3) is 5.91 Å². The van der Waals surface area contributed by atoms with E-state index in [4.69, 9.17) is 0 Å². The van der Waals surface area contributed by atoms with Crippen molar-refractivity contribution in [1.29, 1.82) is 0 Å². The fourth-order valence-corrected chi connectivity index (χ4v) is 4.51. The molecule has 7 nitrogen and oxygen atoms in total. The molecule has 1 aliphatic rings. The van der Waals surface area contributed by atoms with E-state index in [-0.39, 0.29) is 5.91 Å². The fraction of sp³-hybridized carbons (Fsp3) is 0.222. The lowest BCUT2D eigenvalue weighted by molar-refractivity contribution is -0.118. The van der Waals surface area contributed by atoms with Gasteiger partial charge in [-0.25, -0.2) is 14.4 Å². The molecule has 0 fully saturated rings. The Balaban J connectivity index is 1.63. The predicted molar refractivity (Wildman–Crippen MR) is 107 cm³/mol. The number of nitrogens with zero attached hydrogens (tertiary/aromatic N) is 5. The highest BCUT2D eigenvalue weighted by Crippen LogP contribution is 2.30. The van der Waals surface area contributed by atoms with E-state index in [0.717, 1.165) is 25.1 Å². The Morgan fingerprint density at radius 1 is 1.36 bits per heavy atom. The molecule has 0 saturated heterocycles. The number of nitrogens with one attached hydrogen (secondary N) is 1. The maximum atomic E-state index is 14.4. The largest absolute Gasteiger partial charge is 0.334 e. The topological polar surface area (TPSA) is 77.6 Å². The molecule has 3 aromatic heterocycles. The number of anilines is 1. The molecule has 0 spiro atoms. The average Bonchev–Trinajstić information content (AvgIpc) is 3.40. The van der Waals surface area contributed by atoms with Crippen LogP contribution < -0.4 is 5.32 Å². The first-order chi connectivity index (χ1) is 13.6. The molecule has 1 atom stereocenters. The van der Waals surface area contributed by atoms with E-state index in [1.807, 2.05) is 0 Å². The molecular formula is C18H14BrFN6OS. The van der Waals surface area contributed by atoms with Gasteiger partial charge >= 0.3 is 0 Å². The number of aromatic nitrogens is 5. The molecule has 1 N–H and O–H groups in total. The van der Waals surface area contributed by atoms with Crippen LogP contribution in [-0.4, -0.2) is 30.2 Å². The number of carbonyl (C=O) groups is 1. The molecule has 4 heterocycles. The highest BCUT2D eigenvalue weighted by Gasteiger charge is 2.32. The lowest BCUT2D eigenvalue weighted by atomic mass is 10.1. The Labute approximate surface area is 171 Å². The SMILES string of the molecule is O=C(Nc1nccs1)C(c1ncn2c1CCC2)n1cc2c(F)cc(Br)cc2n1. The molecule has 142 valence electrons. The number of imidazole rings is 1. The van der Waals surface area contributed by atoms with Gasteiger partial charge in [-0.1, -0.05) is 15.9 Å². The van der Waals surface area contributed by atoms with Crippen LogP contribution in [0.3, 0.4) is 0 Å². The van der Waals surface area contributed by atoms with E-state index < -0.39 is 11.9 Å². The van der Waals surface area contributed by atoms with Crippen LogP contribution in [0.15, 0.2) is 40.7 Å². The zero-order valence-corrected chi connectivity index (χ0v) is 16.9. The van der Waals surface area contributed by atoms with Gasteiger partial charge in [0.05, 0.1) is 22.9 Å². The molecule has 0 bridgehead atoms. The normalized spacial score (nSPS) is 14.4. The predicted octanol–water partition coefficient (Wildman–Crippen LogP) is 3.77. The number of hydrogen-bond acceptors (Lipinski definition) is 5. The minimum Gasteiger partial charge on any atom is -0.334 e. The van der Waals surface area contributed by atoms with Gasteiger partial charge < -0.3 is 4.57 Å². The quantitative estimate of drug-likeness (QED) is 0.502. The van der Waals surface area contributed by atoms with Gasteiger partial charge in [-0.3, -0.25) is 14.8 Å². The van der Waals surface area contributed by atoms with Crippen molar-refractivity contribution in [3.05, 3.63) is 57.9 Å². The number of thiazole rings is 1. The van der Waals surface area contributed by atoms with Crippen LogP contribution in [0.4, 0.5) is 9.52 Å². The molecule has 10 heteroatoms. The van der Waals surface area contributed by atoms with E-state index in [9.17, 15) is 9.18 Å². The summed E-state index contributed by atoms with van der Waals surface area (Å²) in [5.41, 5.74) is 2.12. The van der Waals surface area contributed by atoms with Crippen molar-refractivity contribution < 1.29 is 9.18 Å². The number of benzene rings is 1. The Kier molecular flexibility index (Phi) is 4.24. The summed E-state index contributed by atoms with van der Waals surface area (Å²) in [4.78, 5) is 21.8. The fourth-order valence-electron chi connectivity index (χ4n) is 3.56. The standard InChI is InChI=1S/C18H14BrFN6OS/c19-10-6-12(20)11-8-26(24-13(11)7-10)16(17(27)23-18-21-3-5-28-18)15-14-2-1-4-25(14)9-22-15/h3,5-9,16H,1-2,4H2,(H,21,23,27). The van der Waals surface area contributed by atoms with Crippen LogP contribution in [0.2, 0.25) is 0 Å². The number of hydrogen-bond donors (Lipinski definition) is 1. The van der Waals surface area contributed by atoms with Crippen molar-refractivity contribution in [3.63, 3.8) is 0 Å². The molecule has 4 aromatic rings. The number of halogens is 2. The smallest absolute Gasteiger partial charge is 0.257 e. The summed E-state index contributed by atoms with van der Waals surface area (Å²) in [6, 6.07) is 2.29. The highest BCUT2D eigenvalue weighted by atomic mass is 79.9. The zero-order valence-electron chi connectivity index (χ0n) is 14.5. The maximum absolute atomic E-state index is 14.4. The monoisotopic (exact) mass is 460 g/mol. The summed E-state index contributed by atoms with van der Waals surface area (Å²) in [6.07, 6.45) is 6.79. The van der Waals surface area contributed by atoms with Gasteiger partial charge in [0.2, 0.25) is 0 Å². The molecule has 1 amide bonds. The van der Waals surface area contributed by atoms with E-state index in [0.29, 0.717) is 26.2 Å². The van der Waals surface area contributed by atoms with Gasteiger partial charge in [-0.15, -0.1) is 11.3 Å². The van der Waals surface area contributed by atoms with Crippen LogP contribution in [-0.2, 0) is 17.8 Å². The summed E-state index contributed by atoms with van der Waals surface area (Å²) in [7, 11) is 0. The Morgan fingerprint density at radius 3 is 3.07 bits per heavy atom. The van der Waals surface area contributed by atoms with Gasteiger partial charge in [-0.05, 0) is 25.0 Å². The third-order valence-electron chi connectivity index (χ3n) is 4.78. The zero-order chi connectivity index (χ0) is 19.3. The van der Waals surface area contributed by atoms with Crippen molar-refractivity contribution >= 4 is 49.2 Å². The highest BCUT2D eigenvalue weighted by molar-refractivity contribution is 9.10. The second-order valence-electron chi connectivity index (χ2n) is 6.53. The number of amides is 1. The van der Waals surface area contributed by atoms with Crippen LogP contribution in [0, 0.1) is 5.82 Å². The first-order valence-electron chi connectivity index (χ1n) is 8.68. The van der Waals surface area contributed by atoms with E-state index in [1.165, 1.54) is 22.1 Å². The molecule has 0 radical (unpaired) electrons. The van der Waals surface area contributed by atoms with Crippen molar-refractivity contribution in [1.82, 2.24) is 24.3 Å². The molecular weight excluding hydrogens is 447 g/mol. The molecule has 1 aromatic carbocycles. The minimum absolute atomic E-state index is 0.310. The van der Waals surface area contributed by atoms with Crippen LogP contribution in [0.1, 0.15) is 23.9 Å². The van der Waals surface area contributed by atoms with E-state index in [1.54, 1.807) is 30.2 Å². The van der Waals surface area contributed by atoms with Gasteiger partial charge in [0, 0.05) is 34.5 Å². The molecule has 1 aliphatic heterocycles. The summed E-state index contributed by atoms with van der Waals surface area (Å²) >= 11 is 4.62. The lowest BCUT2D eigenvalue weighted by Crippen LogP contribution is -2.28. The summed E-state index contributed by atoms with van der Waals surface area (Å²) in [6.45, 7) is 0.881. The Morgan fingerprint density at radius 2 is 2.25 bits per heavy atom. The van der Waals surface area contributed by atoms with E-state index in [2.05, 4.69) is 40.9 Å². The number of rotatable bonds is 4. The Hall–Kier alpha value is -2.59. The first-order valence-corrected chi connectivity index (χ1v) is 10.4. The summed E-state index contributed by atoms with van der Waals surface area (Å²) in [5.74, 6) is -0.708. The van der Waals surface area contributed by atoms with Crippen molar-refractivity contribution in [3.8, 4) is 0 Å². The number of fused-ring (bicyclic) bond motifs is 2. The van der Waals surface area contributed by atoms with Crippen molar-refractivity contribution in [2.24, 2.45) is 0 Å². The van der Waals surface area contributed by atoms with Gasteiger partial charge in [-0.2, -0.15) is 5.10 Å². The third-order valence-corrected chi connectivity index (χ3v) is 5.93. The van der Waals surface area contributed by atoms with Crippen LogP contribution in [0.25, 0.3) is 10.9 Å². The van der Waals surface area contributed by atoms with Crippen LogP contribution in [0.5, 0.6) is 0 Å². The molecule has 5 rings (SSSR count). The lowest BCUT2D eigenvalue weighted by Gasteiger charge is -2.16. The summed E-state index contributed by atoms with van der Waals surface area (Å²) < 4.78 is 18.5. The second-order valence-corrected chi connectivity index (χ2v) is 8.34. The average molecular weight is 461 g/mol. The molecule has 0 aliphatic carbocycles. The minimum atomic E-state index is -0.816. The summed E-state index contributed by atoms with van der Waals surface area (Å²) in [5, 5.41) is 9.95. The van der Waals surface area contributed by atoms with Crippen molar-refractivity contribution in [2.75, 3.05) is 5.32 Å². The Bertz CT molecular complexity index is 1180. The van der Waals surface area contributed by atoms with Gasteiger partial charge in [0.15, 0.2) is 11.2 Å². The first kappa shape index (κ1) is 17.5. The van der Waals surface area contributed by atoms with Crippen LogP contribution >= 0.6 is 27.3 Å². The molecule has 28 heavy (non-hydrogen) atoms. The maximum Gasteiger partial charge on any atom is 0.257 e. The van der Waals surface area contributed by atoms with E-state index >= 15 is 0 Å².